The number of rotatable bonds is 4. The lowest BCUT2D eigenvalue weighted by molar-refractivity contribution is 0.107. The molecule has 2 aliphatic rings. The third-order valence-corrected chi connectivity index (χ3v) is 4.25. The summed E-state index contributed by atoms with van der Waals surface area (Å²) in [6, 6.07) is 4.48. The van der Waals surface area contributed by atoms with Gasteiger partial charge in [0.1, 0.15) is 13.2 Å². The van der Waals surface area contributed by atoms with Crippen LogP contribution in [0.4, 0.5) is 0 Å². The van der Waals surface area contributed by atoms with E-state index >= 15 is 0 Å². The molecule has 0 radical (unpaired) electrons. The highest BCUT2D eigenvalue weighted by Crippen LogP contribution is 2.38. The number of benzene rings is 1. The van der Waals surface area contributed by atoms with Crippen molar-refractivity contribution in [3.05, 3.63) is 22.7 Å². The quantitative estimate of drug-likeness (QED) is 0.928. The SMILES string of the molecule is COC1CCC(NCc2cc(Cl)c3c(c2)OCCO3)C1. The zero-order valence-corrected chi connectivity index (χ0v) is 12.4. The van der Waals surface area contributed by atoms with Crippen molar-refractivity contribution < 1.29 is 14.2 Å². The number of nitrogens with one attached hydrogen (secondary N) is 1. The molecule has 20 heavy (non-hydrogen) atoms. The second-order valence-corrected chi connectivity index (χ2v) is 5.76. The third kappa shape index (κ3) is 3.03. The van der Waals surface area contributed by atoms with Crippen LogP contribution in [0.3, 0.4) is 0 Å². The molecule has 1 aromatic rings. The Labute approximate surface area is 124 Å². The van der Waals surface area contributed by atoms with Gasteiger partial charge >= 0.3 is 0 Å². The normalized spacial score (nSPS) is 24.9. The van der Waals surface area contributed by atoms with Gasteiger partial charge in [0.05, 0.1) is 11.1 Å². The number of ether oxygens (including phenoxy) is 3. The van der Waals surface area contributed by atoms with E-state index in [0.717, 1.165) is 37.1 Å². The van der Waals surface area contributed by atoms with Crippen LogP contribution < -0.4 is 14.8 Å². The summed E-state index contributed by atoms with van der Waals surface area (Å²) in [5, 5.41) is 4.19. The van der Waals surface area contributed by atoms with Gasteiger partial charge in [0.15, 0.2) is 11.5 Å². The van der Waals surface area contributed by atoms with Crippen LogP contribution in [0.15, 0.2) is 12.1 Å². The topological polar surface area (TPSA) is 39.7 Å². The summed E-state index contributed by atoms with van der Waals surface area (Å²) in [6.07, 6.45) is 3.78. The first kappa shape index (κ1) is 14.0. The van der Waals surface area contributed by atoms with E-state index in [0.29, 0.717) is 36.1 Å². The third-order valence-electron chi connectivity index (χ3n) is 3.97. The van der Waals surface area contributed by atoms with Gasteiger partial charge in [-0.3, -0.25) is 0 Å². The first-order chi connectivity index (χ1) is 9.76. The van der Waals surface area contributed by atoms with Crippen LogP contribution in [0.2, 0.25) is 5.02 Å². The summed E-state index contributed by atoms with van der Waals surface area (Å²) in [5.41, 5.74) is 1.13. The number of halogens is 1. The minimum Gasteiger partial charge on any atom is -0.486 e. The number of hydrogen-bond acceptors (Lipinski definition) is 4. The van der Waals surface area contributed by atoms with E-state index in [2.05, 4.69) is 5.32 Å². The lowest BCUT2D eigenvalue weighted by Crippen LogP contribution is -2.26. The Morgan fingerprint density at radius 2 is 2.15 bits per heavy atom. The summed E-state index contributed by atoms with van der Waals surface area (Å²) >= 11 is 6.24. The minimum absolute atomic E-state index is 0.399. The monoisotopic (exact) mass is 297 g/mol. The van der Waals surface area contributed by atoms with Crippen molar-refractivity contribution >= 4 is 11.6 Å². The molecule has 4 nitrogen and oxygen atoms in total. The zero-order chi connectivity index (χ0) is 13.9. The fraction of sp³-hybridized carbons (Fsp3) is 0.600. The maximum Gasteiger partial charge on any atom is 0.179 e. The van der Waals surface area contributed by atoms with E-state index < -0.39 is 0 Å². The molecule has 1 aliphatic heterocycles. The van der Waals surface area contributed by atoms with Crippen LogP contribution in [-0.2, 0) is 11.3 Å². The Morgan fingerprint density at radius 3 is 2.95 bits per heavy atom. The molecule has 0 aromatic heterocycles. The van der Waals surface area contributed by atoms with Gasteiger partial charge in [0.2, 0.25) is 0 Å². The standard InChI is InChI=1S/C15H20ClNO3/c1-18-12-3-2-11(8-12)17-9-10-6-13(16)15-14(7-10)19-4-5-20-15/h6-7,11-12,17H,2-5,8-9H2,1H3. The first-order valence-electron chi connectivity index (χ1n) is 7.10. The Hall–Kier alpha value is -0.970. The molecule has 2 atom stereocenters. The Bertz CT molecular complexity index is 480. The first-order valence-corrected chi connectivity index (χ1v) is 7.48. The molecular weight excluding hydrogens is 278 g/mol. The second kappa shape index (κ2) is 6.20. The van der Waals surface area contributed by atoms with Gasteiger partial charge in [-0.05, 0) is 37.0 Å². The molecule has 0 spiro atoms. The molecule has 1 N–H and O–H groups in total. The van der Waals surface area contributed by atoms with Gasteiger partial charge in [-0.25, -0.2) is 0 Å². The van der Waals surface area contributed by atoms with Crippen molar-refractivity contribution in [3.63, 3.8) is 0 Å². The highest BCUT2D eigenvalue weighted by atomic mass is 35.5. The predicted molar refractivity (Wildman–Crippen MR) is 77.7 cm³/mol. The van der Waals surface area contributed by atoms with Gasteiger partial charge in [-0.15, -0.1) is 0 Å². The molecule has 1 fully saturated rings. The summed E-state index contributed by atoms with van der Waals surface area (Å²) in [4.78, 5) is 0. The van der Waals surface area contributed by atoms with Gasteiger partial charge in [0.25, 0.3) is 0 Å². The zero-order valence-electron chi connectivity index (χ0n) is 11.7. The maximum atomic E-state index is 6.24. The molecule has 2 unspecified atom stereocenters. The lowest BCUT2D eigenvalue weighted by Gasteiger charge is -2.21. The number of fused-ring (bicyclic) bond motifs is 1. The van der Waals surface area contributed by atoms with Crippen LogP contribution in [0, 0.1) is 0 Å². The van der Waals surface area contributed by atoms with Crippen molar-refractivity contribution in [1.29, 1.82) is 0 Å². The number of methoxy groups -OCH3 is 1. The van der Waals surface area contributed by atoms with Crippen molar-refractivity contribution in [2.75, 3.05) is 20.3 Å². The smallest absolute Gasteiger partial charge is 0.179 e. The summed E-state index contributed by atoms with van der Waals surface area (Å²) < 4.78 is 16.5. The average Bonchev–Trinajstić information content (AvgIpc) is 2.93. The van der Waals surface area contributed by atoms with Crippen molar-refractivity contribution in [2.24, 2.45) is 0 Å². The Kier molecular flexibility index (Phi) is 4.34. The molecule has 5 heteroatoms. The largest absolute Gasteiger partial charge is 0.486 e. The predicted octanol–water partition coefficient (Wildman–Crippen LogP) is 2.77. The molecule has 1 saturated carbocycles. The Morgan fingerprint density at radius 1 is 1.30 bits per heavy atom. The van der Waals surface area contributed by atoms with Gasteiger partial charge in [0, 0.05) is 19.7 Å². The van der Waals surface area contributed by atoms with E-state index in [1.54, 1.807) is 7.11 Å². The van der Waals surface area contributed by atoms with Crippen LogP contribution >= 0.6 is 11.6 Å². The van der Waals surface area contributed by atoms with E-state index in [1.165, 1.54) is 0 Å². The Balaban J connectivity index is 1.62. The van der Waals surface area contributed by atoms with E-state index in [-0.39, 0.29) is 0 Å². The van der Waals surface area contributed by atoms with Crippen LogP contribution in [0.1, 0.15) is 24.8 Å². The van der Waals surface area contributed by atoms with Crippen LogP contribution in [0.25, 0.3) is 0 Å². The molecule has 1 aliphatic carbocycles. The molecule has 1 aromatic carbocycles. The van der Waals surface area contributed by atoms with E-state index in [9.17, 15) is 0 Å². The average molecular weight is 298 g/mol. The molecule has 1 heterocycles. The molecular formula is C15H20ClNO3. The number of hydrogen-bond donors (Lipinski definition) is 1. The summed E-state index contributed by atoms with van der Waals surface area (Å²) in [7, 11) is 1.79. The fourth-order valence-corrected chi connectivity index (χ4v) is 3.16. The maximum absolute atomic E-state index is 6.24. The van der Waals surface area contributed by atoms with E-state index in [1.807, 2.05) is 12.1 Å². The van der Waals surface area contributed by atoms with Gasteiger partial charge in [-0.1, -0.05) is 11.6 Å². The lowest BCUT2D eigenvalue weighted by atomic mass is 10.1. The van der Waals surface area contributed by atoms with Gasteiger partial charge in [-0.2, -0.15) is 0 Å². The fourth-order valence-electron chi connectivity index (χ4n) is 2.87. The van der Waals surface area contributed by atoms with Crippen LogP contribution in [0.5, 0.6) is 11.5 Å². The van der Waals surface area contributed by atoms with Crippen molar-refractivity contribution in [3.8, 4) is 11.5 Å². The minimum atomic E-state index is 0.399. The summed E-state index contributed by atoms with van der Waals surface area (Å²) in [5.74, 6) is 1.42. The molecule has 110 valence electrons. The molecule has 0 bridgehead atoms. The molecule has 0 saturated heterocycles. The molecule has 0 amide bonds. The second-order valence-electron chi connectivity index (χ2n) is 5.35. The summed E-state index contributed by atoms with van der Waals surface area (Å²) in [6.45, 7) is 1.93. The van der Waals surface area contributed by atoms with Crippen LogP contribution in [-0.4, -0.2) is 32.5 Å². The highest BCUT2D eigenvalue weighted by molar-refractivity contribution is 6.32. The van der Waals surface area contributed by atoms with Gasteiger partial charge < -0.3 is 19.5 Å². The van der Waals surface area contributed by atoms with Crippen molar-refractivity contribution in [1.82, 2.24) is 5.32 Å². The van der Waals surface area contributed by atoms with Crippen molar-refractivity contribution in [2.45, 2.75) is 38.0 Å². The highest BCUT2D eigenvalue weighted by Gasteiger charge is 2.24. The molecule has 3 rings (SSSR count). The van der Waals surface area contributed by atoms with E-state index in [4.69, 9.17) is 25.8 Å².